The molecule has 0 unspecified atom stereocenters. The molecule has 16 heavy (non-hydrogen) atoms. The van der Waals surface area contributed by atoms with Crippen molar-refractivity contribution in [1.82, 2.24) is 9.80 Å². The topological polar surface area (TPSA) is 6.48 Å². The fraction of sp³-hybridized carbons (Fsp3) is 1.00. The Morgan fingerprint density at radius 1 is 0.562 bits per heavy atom. The second kappa shape index (κ2) is 6.61. The van der Waals surface area contributed by atoms with Crippen molar-refractivity contribution in [2.24, 2.45) is 0 Å². The lowest BCUT2D eigenvalue weighted by Crippen LogP contribution is -2.47. The number of nitrogens with zero attached hydrogens (tertiary/aromatic N) is 2. The van der Waals surface area contributed by atoms with Gasteiger partial charge in [0.15, 0.2) is 0 Å². The van der Waals surface area contributed by atoms with Gasteiger partial charge < -0.3 is 0 Å². The van der Waals surface area contributed by atoms with E-state index in [1.54, 1.807) is 0 Å². The molecular formula is C14H28N2. The van der Waals surface area contributed by atoms with E-state index >= 15 is 0 Å². The maximum Gasteiger partial charge on any atom is 0.0593 e. The summed E-state index contributed by atoms with van der Waals surface area (Å²) in [5.41, 5.74) is 0. The molecule has 2 saturated heterocycles. The van der Waals surface area contributed by atoms with Crippen molar-refractivity contribution in [3.63, 3.8) is 0 Å². The van der Waals surface area contributed by atoms with E-state index in [4.69, 9.17) is 0 Å². The maximum atomic E-state index is 2.72. The molecule has 0 aliphatic carbocycles. The summed E-state index contributed by atoms with van der Waals surface area (Å²) >= 11 is 0. The lowest BCUT2D eigenvalue weighted by Gasteiger charge is -2.36. The van der Waals surface area contributed by atoms with Crippen molar-refractivity contribution >= 4 is 0 Å². The Hall–Kier alpha value is -0.0800. The molecule has 2 rings (SSSR count). The van der Waals surface area contributed by atoms with Gasteiger partial charge in [-0.25, -0.2) is 0 Å². The van der Waals surface area contributed by atoms with Crippen molar-refractivity contribution in [3.05, 3.63) is 0 Å². The Bertz CT molecular complexity index is 157. The van der Waals surface area contributed by atoms with Crippen LogP contribution in [0.15, 0.2) is 0 Å². The zero-order chi connectivity index (χ0) is 11.2. The number of rotatable bonds is 2. The van der Waals surface area contributed by atoms with E-state index in [-0.39, 0.29) is 0 Å². The van der Waals surface area contributed by atoms with Gasteiger partial charge in [-0.2, -0.15) is 0 Å². The summed E-state index contributed by atoms with van der Waals surface area (Å²) in [5.74, 6) is 0. The molecule has 0 amide bonds. The molecule has 2 heterocycles. The van der Waals surface area contributed by atoms with Crippen LogP contribution >= 0.6 is 0 Å². The van der Waals surface area contributed by atoms with Crippen LogP contribution in [0.25, 0.3) is 0 Å². The van der Waals surface area contributed by atoms with Crippen molar-refractivity contribution in [1.29, 1.82) is 0 Å². The third kappa shape index (κ3) is 3.46. The first-order valence-corrected chi connectivity index (χ1v) is 7.36. The molecule has 0 aromatic rings. The standard InChI is InChI=1S/C14H28N2/c1-14(15-10-6-2-3-7-11-15)16-12-8-4-5-9-13-16/h14H,2-13H2,1H3. The number of likely N-dealkylation sites (tertiary alicyclic amines) is 2. The zero-order valence-corrected chi connectivity index (χ0v) is 11.0. The minimum absolute atomic E-state index is 0.691. The summed E-state index contributed by atoms with van der Waals surface area (Å²) in [5, 5.41) is 0. The summed E-state index contributed by atoms with van der Waals surface area (Å²) in [6.07, 6.45) is 12.1. The van der Waals surface area contributed by atoms with Crippen LogP contribution in [0.2, 0.25) is 0 Å². The zero-order valence-electron chi connectivity index (χ0n) is 11.0. The van der Waals surface area contributed by atoms with Crippen molar-refractivity contribution in [2.45, 2.75) is 64.5 Å². The Morgan fingerprint density at radius 3 is 1.19 bits per heavy atom. The molecule has 0 bridgehead atoms. The molecule has 0 atom stereocenters. The highest BCUT2D eigenvalue weighted by molar-refractivity contribution is 4.74. The van der Waals surface area contributed by atoms with E-state index in [1.165, 1.54) is 77.5 Å². The first-order chi connectivity index (χ1) is 7.88. The summed E-state index contributed by atoms with van der Waals surface area (Å²) in [4.78, 5) is 5.44. The monoisotopic (exact) mass is 224 g/mol. The van der Waals surface area contributed by atoms with Crippen LogP contribution in [-0.4, -0.2) is 42.1 Å². The van der Waals surface area contributed by atoms with Crippen LogP contribution in [0.5, 0.6) is 0 Å². The second-order valence-electron chi connectivity index (χ2n) is 5.53. The minimum Gasteiger partial charge on any atom is -0.288 e. The highest BCUT2D eigenvalue weighted by Crippen LogP contribution is 2.18. The fourth-order valence-corrected chi connectivity index (χ4v) is 3.17. The van der Waals surface area contributed by atoms with Crippen LogP contribution in [-0.2, 0) is 0 Å². The van der Waals surface area contributed by atoms with E-state index in [1.807, 2.05) is 0 Å². The lowest BCUT2D eigenvalue weighted by atomic mass is 10.2. The predicted octanol–water partition coefficient (Wildman–Crippen LogP) is 3.08. The van der Waals surface area contributed by atoms with E-state index in [2.05, 4.69) is 16.7 Å². The van der Waals surface area contributed by atoms with Crippen LogP contribution in [0.1, 0.15) is 58.3 Å². The van der Waals surface area contributed by atoms with Gasteiger partial charge in [-0.15, -0.1) is 0 Å². The van der Waals surface area contributed by atoms with Gasteiger partial charge >= 0.3 is 0 Å². The minimum atomic E-state index is 0.691. The average Bonchev–Trinajstić information content (AvgIpc) is 2.73. The molecule has 2 heteroatoms. The van der Waals surface area contributed by atoms with Gasteiger partial charge in [0.1, 0.15) is 0 Å². The highest BCUT2D eigenvalue weighted by Gasteiger charge is 2.22. The quantitative estimate of drug-likeness (QED) is 0.711. The molecule has 94 valence electrons. The van der Waals surface area contributed by atoms with E-state index < -0.39 is 0 Å². The van der Waals surface area contributed by atoms with Gasteiger partial charge in [-0.1, -0.05) is 25.7 Å². The van der Waals surface area contributed by atoms with Crippen LogP contribution in [0.3, 0.4) is 0 Å². The number of hydrogen-bond acceptors (Lipinski definition) is 2. The Kier molecular flexibility index (Phi) is 5.11. The van der Waals surface area contributed by atoms with Crippen molar-refractivity contribution in [2.75, 3.05) is 26.2 Å². The van der Waals surface area contributed by atoms with Gasteiger partial charge in [0.05, 0.1) is 6.17 Å². The SMILES string of the molecule is CC(N1CCCCCC1)N1CCCCCC1. The van der Waals surface area contributed by atoms with Gasteiger partial charge in [0, 0.05) is 0 Å². The maximum absolute atomic E-state index is 2.72. The molecule has 2 aliphatic heterocycles. The molecule has 0 saturated carbocycles. The van der Waals surface area contributed by atoms with Gasteiger partial charge in [0.2, 0.25) is 0 Å². The van der Waals surface area contributed by atoms with E-state index in [0.29, 0.717) is 6.17 Å². The van der Waals surface area contributed by atoms with Gasteiger partial charge in [-0.3, -0.25) is 9.80 Å². The summed E-state index contributed by atoms with van der Waals surface area (Å²) in [6.45, 7) is 7.75. The predicted molar refractivity (Wildman–Crippen MR) is 69.5 cm³/mol. The molecule has 2 fully saturated rings. The largest absolute Gasteiger partial charge is 0.288 e. The molecule has 2 nitrogen and oxygen atoms in total. The third-order valence-electron chi connectivity index (χ3n) is 4.34. The van der Waals surface area contributed by atoms with Crippen LogP contribution in [0, 0.1) is 0 Å². The highest BCUT2D eigenvalue weighted by atomic mass is 15.3. The summed E-state index contributed by atoms with van der Waals surface area (Å²) in [7, 11) is 0. The van der Waals surface area contributed by atoms with Gasteiger partial charge in [-0.05, 0) is 58.8 Å². The molecular weight excluding hydrogens is 196 g/mol. The van der Waals surface area contributed by atoms with Gasteiger partial charge in [0.25, 0.3) is 0 Å². The fourth-order valence-electron chi connectivity index (χ4n) is 3.17. The smallest absolute Gasteiger partial charge is 0.0593 e. The van der Waals surface area contributed by atoms with Crippen molar-refractivity contribution in [3.8, 4) is 0 Å². The summed E-state index contributed by atoms with van der Waals surface area (Å²) < 4.78 is 0. The Morgan fingerprint density at radius 2 is 0.875 bits per heavy atom. The molecule has 0 N–H and O–H groups in total. The second-order valence-corrected chi connectivity index (χ2v) is 5.53. The summed E-state index contributed by atoms with van der Waals surface area (Å²) in [6, 6.07) is 0. The van der Waals surface area contributed by atoms with E-state index in [0.717, 1.165) is 0 Å². The van der Waals surface area contributed by atoms with Crippen LogP contribution in [0.4, 0.5) is 0 Å². The lowest BCUT2D eigenvalue weighted by molar-refractivity contribution is 0.0598. The molecule has 0 aromatic heterocycles. The van der Waals surface area contributed by atoms with Crippen LogP contribution < -0.4 is 0 Å². The van der Waals surface area contributed by atoms with E-state index in [9.17, 15) is 0 Å². The average molecular weight is 224 g/mol. The molecule has 2 aliphatic rings. The third-order valence-corrected chi connectivity index (χ3v) is 4.34. The molecule has 0 radical (unpaired) electrons. The molecule has 0 spiro atoms. The molecule has 0 aromatic carbocycles. The normalized spacial score (nSPS) is 26.6. The van der Waals surface area contributed by atoms with Crippen molar-refractivity contribution < 1.29 is 0 Å². The Labute approximate surface area is 101 Å². The first kappa shape index (κ1) is 12.4. The first-order valence-electron chi connectivity index (χ1n) is 7.36. The Balaban J connectivity index is 1.85. The number of hydrogen-bond donors (Lipinski definition) is 0.